The van der Waals surface area contributed by atoms with Gasteiger partial charge in [0.15, 0.2) is 0 Å². The van der Waals surface area contributed by atoms with Crippen molar-refractivity contribution < 1.29 is 0 Å². The van der Waals surface area contributed by atoms with E-state index < -0.39 is 0 Å². The number of aromatic nitrogens is 3. The number of para-hydroxylation sites is 1. The Kier molecular flexibility index (Phi) is 1.58. The van der Waals surface area contributed by atoms with E-state index in [4.69, 9.17) is 0 Å². The Labute approximate surface area is 88.3 Å². The van der Waals surface area contributed by atoms with E-state index in [0.717, 1.165) is 26.5 Å². The van der Waals surface area contributed by atoms with Gasteiger partial charge in [0.2, 0.25) is 0 Å². The second-order valence-corrected chi connectivity index (χ2v) is 3.91. The molecule has 3 rings (SSSR count). The highest BCUT2D eigenvalue weighted by molar-refractivity contribution is 9.10. The van der Waals surface area contributed by atoms with Gasteiger partial charge >= 0.3 is 0 Å². The number of hydrogen-bond donors (Lipinski definition) is 1. The minimum Gasteiger partial charge on any atom is -0.353 e. The molecule has 1 N–H and O–H groups in total. The van der Waals surface area contributed by atoms with Gasteiger partial charge in [0.25, 0.3) is 0 Å². The average molecular weight is 248 g/mol. The largest absolute Gasteiger partial charge is 0.353 e. The quantitative estimate of drug-likeness (QED) is 0.664. The number of benzene rings is 1. The number of hydrogen-bond acceptors (Lipinski definition) is 2. The third-order valence-corrected chi connectivity index (χ3v) is 2.60. The van der Waals surface area contributed by atoms with Crippen molar-refractivity contribution in [1.29, 1.82) is 0 Å². The zero-order valence-corrected chi connectivity index (χ0v) is 8.75. The summed E-state index contributed by atoms with van der Waals surface area (Å²) in [4.78, 5) is 3.29. The topological polar surface area (TPSA) is 41.6 Å². The van der Waals surface area contributed by atoms with E-state index in [0.29, 0.717) is 0 Å². The molecule has 0 aliphatic rings. The van der Waals surface area contributed by atoms with Crippen LogP contribution in [0.25, 0.3) is 21.9 Å². The van der Waals surface area contributed by atoms with Gasteiger partial charge in [0.05, 0.1) is 5.52 Å². The molecular formula is C10H6BrN3. The van der Waals surface area contributed by atoms with Crippen LogP contribution in [-0.2, 0) is 0 Å². The van der Waals surface area contributed by atoms with Crippen LogP contribution in [0.15, 0.2) is 34.9 Å². The van der Waals surface area contributed by atoms with Crippen molar-refractivity contribution in [3.05, 3.63) is 34.9 Å². The van der Waals surface area contributed by atoms with Gasteiger partial charge in [-0.15, -0.1) is 10.2 Å². The zero-order valence-electron chi connectivity index (χ0n) is 7.16. The molecule has 3 aromatic rings. The van der Waals surface area contributed by atoms with Crippen LogP contribution in [0, 0.1) is 0 Å². The molecule has 0 radical (unpaired) electrons. The molecule has 0 saturated heterocycles. The molecule has 0 aliphatic heterocycles. The van der Waals surface area contributed by atoms with E-state index in [-0.39, 0.29) is 0 Å². The first-order valence-electron chi connectivity index (χ1n) is 4.24. The summed E-state index contributed by atoms with van der Waals surface area (Å²) in [6, 6.07) is 10.0. The van der Waals surface area contributed by atoms with Crippen molar-refractivity contribution in [3.8, 4) is 0 Å². The average Bonchev–Trinajstić information content (AvgIpc) is 2.54. The maximum Gasteiger partial charge on any atom is 0.130 e. The third kappa shape index (κ3) is 1.04. The van der Waals surface area contributed by atoms with Crippen LogP contribution in [-0.4, -0.2) is 15.2 Å². The molecule has 4 heteroatoms. The fraction of sp³-hybridized carbons (Fsp3) is 0. The molecular weight excluding hydrogens is 242 g/mol. The number of H-pyrrole nitrogens is 1. The first-order valence-corrected chi connectivity index (χ1v) is 5.03. The van der Waals surface area contributed by atoms with Gasteiger partial charge in [0.1, 0.15) is 10.1 Å². The van der Waals surface area contributed by atoms with Gasteiger partial charge in [-0.05, 0) is 28.1 Å². The summed E-state index contributed by atoms with van der Waals surface area (Å²) in [5.74, 6) is 0. The minimum atomic E-state index is 0.747. The smallest absolute Gasteiger partial charge is 0.130 e. The number of fused-ring (bicyclic) bond motifs is 3. The van der Waals surface area contributed by atoms with Crippen molar-refractivity contribution in [2.45, 2.75) is 0 Å². The van der Waals surface area contributed by atoms with Crippen molar-refractivity contribution in [2.24, 2.45) is 0 Å². The van der Waals surface area contributed by atoms with Gasteiger partial charge in [0, 0.05) is 10.9 Å². The summed E-state index contributed by atoms with van der Waals surface area (Å²) in [5, 5.41) is 9.23. The van der Waals surface area contributed by atoms with Crippen LogP contribution in [0.5, 0.6) is 0 Å². The van der Waals surface area contributed by atoms with Crippen LogP contribution in [0.2, 0.25) is 0 Å². The van der Waals surface area contributed by atoms with Gasteiger partial charge in [-0.1, -0.05) is 18.2 Å². The van der Waals surface area contributed by atoms with Gasteiger partial charge in [-0.25, -0.2) is 0 Å². The first kappa shape index (κ1) is 7.94. The molecule has 0 fully saturated rings. The van der Waals surface area contributed by atoms with Crippen LogP contribution >= 0.6 is 15.9 Å². The van der Waals surface area contributed by atoms with E-state index >= 15 is 0 Å². The predicted octanol–water partition coefficient (Wildman–Crippen LogP) is 2.87. The van der Waals surface area contributed by atoms with E-state index in [1.54, 1.807) is 0 Å². The van der Waals surface area contributed by atoms with Crippen molar-refractivity contribution in [1.82, 2.24) is 15.2 Å². The maximum atomic E-state index is 4.14. The van der Waals surface area contributed by atoms with Gasteiger partial charge in [-0.2, -0.15) is 0 Å². The van der Waals surface area contributed by atoms with Gasteiger partial charge in [-0.3, -0.25) is 0 Å². The van der Waals surface area contributed by atoms with Crippen LogP contribution in [0.4, 0.5) is 0 Å². The van der Waals surface area contributed by atoms with Crippen LogP contribution in [0.1, 0.15) is 0 Å². The first-order chi connectivity index (χ1) is 6.84. The highest BCUT2D eigenvalue weighted by Gasteiger charge is 2.04. The molecule has 0 amide bonds. The SMILES string of the molecule is Brc1cc2[nH]c3ccccc3c2nn1. The fourth-order valence-corrected chi connectivity index (χ4v) is 1.91. The van der Waals surface area contributed by atoms with E-state index in [1.807, 2.05) is 30.3 Å². The lowest BCUT2D eigenvalue weighted by atomic mass is 10.2. The number of rotatable bonds is 0. The number of aromatic amines is 1. The normalized spacial score (nSPS) is 11.2. The number of nitrogens with one attached hydrogen (secondary N) is 1. The van der Waals surface area contributed by atoms with Crippen LogP contribution < -0.4 is 0 Å². The Balaban J connectivity index is 2.57. The summed E-state index contributed by atoms with van der Waals surface area (Å²) in [7, 11) is 0. The predicted molar refractivity (Wildman–Crippen MR) is 59.1 cm³/mol. The Bertz CT molecular complexity index is 615. The second kappa shape index (κ2) is 2.78. The third-order valence-electron chi connectivity index (χ3n) is 2.22. The monoisotopic (exact) mass is 247 g/mol. The number of halogens is 1. The molecule has 14 heavy (non-hydrogen) atoms. The van der Waals surface area contributed by atoms with E-state index in [9.17, 15) is 0 Å². The lowest BCUT2D eigenvalue weighted by molar-refractivity contribution is 1.05. The molecule has 3 nitrogen and oxygen atoms in total. The lowest BCUT2D eigenvalue weighted by Crippen LogP contribution is -1.81. The summed E-state index contributed by atoms with van der Waals surface area (Å²) in [6.45, 7) is 0. The molecule has 0 atom stereocenters. The Morgan fingerprint density at radius 3 is 2.86 bits per heavy atom. The number of nitrogens with zero attached hydrogens (tertiary/aromatic N) is 2. The lowest BCUT2D eigenvalue weighted by Gasteiger charge is -1.88. The molecule has 0 unspecified atom stereocenters. The molecule has 1 aromatic carbocycles. The van der Waals surface area contributed by atoms with E-state index in [2.05, 4.69) is 31.1 Å². The molecule has 0 saturated carbocycles. The molecule has 68 valence electrons. The molecule has 2 heterocycles. The summed E-state index contributed by atoms with van der Waals surface area (Å²) < 4.78 is 0.747. The van der Waals surface area contributed by atoms with Crippen molar-refractivity contribution >= 4 is 37.9 Å². The van der Waals surface area contributed by atoms with Crippen molar-refractivity contribution in [3.63, 3.8) is 0 Å². The Hall–Kier alpha value is -1.42. The molecule has 0 aliphatic carbocycles. The van der Waals surface area contributed by atoms with Crippen LogP contribution in [0.3, 0.4) is 0 Å². The fourth-order valence-electron chi connectivity index (χ4n) is 1.61. The molecule has 2 aromatic heterocycles. The standard InChI is InChI=1S/C10H6BrN3/c11-9-5-8-10(14-13-9)6-3-1-2-4-7(6)12-8/h1-5,12H. The van der Waals surface area contributed by atoms with Crippen molar-refractivity contribution in [2.75, 3.05) is 0 Å². The summed E-state index contributed by atoms with van der Waals surface area (Å²) in [5.41, 5.74) is 3.02. The second-order valence-electron chi connectivity index (χ2n) is 3.10. The maximum absolute atomic E-state index is 4.14. The Morgan fingerprint density at radius 2 is 1.93 bits per heavy atom. The summed E-state index contributed by atoms with van der Waals surface area (Å²) in [6.07, 6.45) is 0. The van der Waals surface area contributed by atoms with E-state index in [1.165, 1.54) is 0 Å². The van der Waals surface area contributed by atoms with Gasteiger partial charge < -0.3 is 4.98 Å². The Morgan fingerprint density at radius 1 is 1.07 bits per heavy atom. The zero-order chi connectivity index (χ0) is 9.54. The highest BCUT2D eigenvalue weighted by atomic mass is 79.9. The molecule has 0 bridgehead atoms. The highest BCUT2D eigenvalue weighted by Crippen LogP contribution is 2.23. The summed E-state index contributed by atoms with van der Waals surface area (Å²) >= 11 is 3.30. The molecule has 0 spiro atoms. The minimum absolute atomic E-state index is 0.747.